The van der Waals surface area contributed by atoms with Crippen molar-refractivity contribution in [2.45, 2.75) is 0 Å². The molecule has 2 nitrogen and oxygen atoms in total. The van der Waals surface area contributed by atoms with Gasteiger partial charge in [0, 0.05) is 21.6 Å². The van der Waals surface area contributed by atoms with Gasteiger partial charge in [-0.3, -0.25) is 4.98 Å². The number of hydrogen-bond acceptors (Lipinski definition) is 3. The number of halogens is 2. The van der Waals surface area contributed by atoms with Crippen LogP contribution in [-0.4, -0.2) is 9.97 Å². The van der Waals surface area contributed by atoms with Crippen LogP contribution in [0.5, 0.6) is 0 Å². The quantitative estimate of drug-likeness (QED) is 0.674. The zero-order valence-electron chi connectivity index (χ0n) is 9.68. The van der Waals surface area contributed by atoms with Crippen LogP contribution in [0.1, 0.15) is 0 Å². The third-order valence-electron chi connectivity index (χ3n) is 2.59. The largest absolute Gasteiger partial charge is 0.251 e. The van der Waals surface area contributed by atoms with Crippen molar-refractivity contribution in [2.75, 3.05) is 0 Å². The van der Waals surface area contributed by atoms with E-state index < -0.39 is 0 Å². The van der Waals surface area contributed by atoms with E-state index in [9.17, 15) is 4.39 Å². The molecule has 2 heterocycles. The minimum absolute atomic E-state index is 0.300. The van der Waals surface area contributed by atoms with E-state index in [4.69, 9.17) is 0 Å². The van der Waals surface area contributed by atoms with Gasteiger partial charge in [-0.15, -0.1) is 11.3 Å². The highest BCUT2D eigenvalue weighted by Crippen LogP contribution is 2.29. The first kappa shape index (κ1) is 12.4. The van der Waals surface area contributed by atoms with Crippen LogP contribution in [0.2, 0.25) is 0 Å². The number of benzene rings is 1. The summed E-state index contributed by atoms with van der Waals surface area (Å²) in [6, 6.07) is 10.8. The molecular weight excluding hydrogens is 327 g/mol. The predicted octanol–water partition coefficient (Wildman–Crippen LogP) is 4.77. The van der Waals surface area contributed by atoms with Gasteiger partial charge in [0.1, 0.15) is 10.7 Å². The van der Waals surface area contributed by atoms with Gasteiger partial charge in [-0.25, -0.2) is 9.37 Å². The van der Waals surface area contributed by atoms with Gasteiger partial charge >= 0.3 is 0 Å². The van der Waals surface area contributed by atoms with Gasteiger partial charge in [-0.2, -0.15) is 0 Å². The molecule has 0 saturated heterocycles. The summed E-state index contributed by atoms with van der Waals surface area (Å²) in [4.78, 5) is 8.48. The molecule has 0 unspecified atom stereocenters. The summed E-state index contributed by atoms with van der Waals surface area (Å²) in [5, 5.41) is 2.50. The number of rotatable bonds is 2. The first-order chi connectivity index (χ1) is 9.24. The smallest absolute Gasteiger partial charge is 0.151 e. The Morgan fingerprint density at radius 1 is 1.16 bits per heavy atom. The van der Waals surface area contributed by atoms with Gasteiger partial charge < -0.3 is 0 Å². The fraction of sp³-hybridized carbons (Fsp3) is 0. The van der Waals surface area contributed by atoms with Crippen molar-refractivity contribution in [3.63, 3.8) is 0 Å². The van der Waals surface area contributed by atoms with Crippen molar-refractivity contribution in [3.05, 3.63) is 58.3 Å². The Bertz CT molecular complexity index is 727. The van der Waals surface area contributed by atoms with Crippen molar-refractivity contribution < 1.29 is 4.39 Å². The molecular formula is C14H8BrFN2S. The molecule has 0 atom stereocenters. The predicted molar refractivity (Wildman–Crippen MR) is 78.4 cm³/mol. The molecule has 2 aromatic heterocycles. The maximum atomic E-state index is 13.6. The first-order valence-electron chi connectivity index (χ1n) is 5.56. The average molecular weight is 335 g/mol. The molecule has 5 heteroatoms. The number of hydrogen-bond donors (Lipinski definition) is 0. The van der Waals surface area contributed by atoms with Gasteiger partial charge in [0.2, 0.25) is 0 Å². The molecule has 0 bridgehead atoms. The highest BCUT2D eigenvalue weighted by molar-refractivity contribution is 9.10. The maximum Gasteiger partial charge on any atom is 0.151 e. The molecule has 0 spiro atoms. The molecule has 3 aromatic rings. The SMILES string of the molecule is Fc1cccnc1-c1nc(-c2cccc(Br)c2)cs1. The standard InChI is InChI=1S/C14H8BrFN2S/c15-10-4-1-3-9(7-10)12-8-19-14(18-12)13-11(16)5-2-6-17-13/h1-8H. The normalized spacial score (nSPS) is 10.6. The van der Waals surface area contributed by atoms with Gasteiger partial charge in [0.25, 0.3) is 0 Å². The van der Waals surface area contributed by atoms with Crippen molar-refractivity contribution >= 4 is 27.3 Å². The molecule has 19 heavy (non-hydrogen) atoms. The van der Waals surface area contributed by atoms with Crippen molar-refractivity contribution in [3.8, 4) is 22.0 Å². The van der Waals surface area contributed by atoms with Crippen LogP contribution in [0, 0.1) is 5.82 Å². The van der Waals surface area contributed by atoms with Crippen molar-refractivity contribution in [1.82, 2.24) is 9.97 Å². The number of pyridine rings is 1. The summed E-state index contributed by atoms with van der Waals surface area (Å²) in [6.45, 7) is 0. The lowest BCUT2D eigenvalue weighted by Crippen LogP contribution is -1.87. The lowest BCUT2D eigenvalue weighted by Gasteiger charge is -1.98. The van der Waals surface area contributed by atoms with E-state index in [0.29, 0.717) is 10.7 Å². The molecule has 1 aromatic carbocycles. The van der Waals surface area contributed by atoms with Gasteiger partial charge in [-0.1, -0.05) is 28.1 Å². The van der Waals surface area contributed by atoms with E-state index in [0.717, 1.165) is 15.7 Å². The molecule has 0 aliphatic heterocycles. The Kier molecular flexibility index (Phi) is 3.40. The Morgan fingerprint density at radius 3 is 2.84 bits per heavy atom. The second kappa shape index (κ2) is 5.19. The molecule has 94 valence electrons. The maximum absolute atomic E-state index is 13.6. The van der Waals surface area contributed by atoms with Crippen LogP contribution in [-0.2, 0) is 0 Å². The number of thiazole rings is 1. The van der Waals surface area contributed by atoms with E-state index >= 15 is 0 Å². The summed E-state index contributed by atoms with van der Waals surface area (Å²) in [6.07, 6.45) is 1.57. The Hall–Kier alpha value is -1.59. The monoisotopic (exact) mass is 334 g/mol. The van der Waals surface area contributed by atoms with E-state index in [-0.39, 0.29) is 5.82 Å². The van der Waals surface area contributed by atoms with Crippen molar-refractivity contribution in [1.29, 1.82) is 0 Å². The van der Waals surface area contributed by atoms with Crippen molar-refractivity contribution in [2.24, 2.45) is 0 Å². The van der Waals surface area contributed by atoms with Crippen LogP contribution in [0.25, 0.3) is 22.0 Å². The highest BCUT2D eigenvalue weighted by atomic mass is 79.9. The summed E-state index contributed by atoms with van der Waals surface area (Å²) < 4.78 is 14.6. The topological polar surface area (TPSA) is 25.8 Å². The lowest BCUT2D eigenvalue weighted by molar-refractivity contribution is 0.625. The second-order valence-corrected chi connectivity index (χ2v) is 5.66. The van der Waals surface area contributed by atoms with E-state index in [1.807, 2.05) is 29.6 Å². The van der Waals surface area contributed by atoms with E-state index in [1.54, 1.807) is 12.3 Å². The molecule has 0 N–H and O–H groups in total. The summed E-state index contributed by atoms with van der Waals surface area (Å²) in [5.74, 6) is -0.349. The number of nitrogens with zero attached hydrogens (tertiary/aromatic N) is 2. The van der Waals surface area contributed by atoms with Crippen LogP contribution in [0.4, 0.5) is 4.39 Å². The molecule has 0 radical (unpaired) electrons. The molecule has 0 aliphatic carbocycles. The lowest BCUT2D eigenvalue weighted by atomic mass is 10.2. The van der Waals surface area contributed by atoms with Crippen LogP contribution in [0.15, 0.2) is 52.4 Å². The third kappa shape index (κ3) is 2.57. The molecule has 0 saturated carbocycles. The zero-order valence-corrected chi connectivity index (χ0v) is 12.1. The van der Waals surface area contributed by atoms with E-state index in [2.05, 4.69) is 25.9 Å². The molecule has 3 rings (SSSR count). The van der Waals surface area contributed by atoms with Crippen LogP contribution in [0.3, 0.4) is 0 Å². The molecule has 0 fully saturated rings. The minimum Gasteiger partial charge on any atom is -0.251 e. The van der Waals surface area contributed by atoms with Gasteiger partial charge in [0.15, 0.2) is 5.82 Å². The Labute approximate surface area is 122 Å². The summed E-state index contributed by atoms with van der Waals surface area (Å²) in [5.41, 5.74) is 2.12. The average Bonchev–Trinajstić information content (AvgIpc) is 2.89. The Balaban J connectivity index is 2.03. The third-order valence-corrected chi connectivity index (χ3v) is 3.93. The minimum atomic E-state index is -0.349. The van der Waals surface area contributed by atoms with E-state index in [1.165, 1.54) is 17.4 Å². The van der Waals surface area contributed by atoms with Crippen LogP contribution >= 0.6 is 27.3 Å². The number of aromatic nitrogens is 2. The highest BCUT2D eigenvalue weighted by Gasteiger charge is 2.11. The fourth-order valence-electron chi connectivity index (χ4n) is 1.71. The fourth-order valence-corrected chi connectivity index (χ4v) is 2.93. The van der Waals surface area contributed by atoms with Gasteiger partial charge in [-0.05, 0) is 24.3 Å². The molecule has 0 aliphatic rings. The molecule has 0 amide bonds. The summed E-state index contributed by atoms with van der Waals surface area (Å²) >= 11 is 4.81. The Morgan fingerprint density at radius 2 is 2.05 bits per heavy atom. The second-order valence-electron chi connectivity index (χ2n) is 3.88. The first-order valence-corrected chi connectivity index (χ1v) is 7.23. The zero-order chi connectivity index (χ0) is 13.2. The van der Waals surface area contributed by atoms with Gasteiger partial charge in [0.05, 0.1) is 5.69 Å². The van der Waals surface area contributed by atoms with Crippen LogP contribution < -0.4 is 0 Å². The summed E-state index contributed by atoms with van der Waals surface area (Å²) in [7, 11) is 0.